The number of rotatable bonds is 3. The van der Waals surface area contributed by atoms with E-state index < -0.39 is 11.0 Å². The zero-order valence-electron chi connectivity index (χ0n) is 9.79. The second-order valence-corrected chi connectivity index (χ2v) is 4.10. The Kier molecular flexibility index (Phi) is 3.15. The zero-order chi connectivity index (χ0) is 13.3. The molecular weight excluding hydrogens is 238 g/mol. The summed E-state index contributed by atoms with van der Waals surface area (Å²) >= 11 is 0. The van der Waals surface area contributed by atoms with Crippen molar-refractivity contribution in [3.63, 3.8) is 0 Å². The summed E-state index contributed by atoms with van der Waals surface area (Å²) in [6, 6.07) is 4.32. The van der Waals surface area contributed by atoms with Crippen LogP contribution in [0.5, 0.6) is 0 Å². The molecule has 0 atom stereocenters. The van der Waals surface area contributed by atoms with Gasteiger partial charge in [0.2, 0.25) is 0 Å². The Hall–Kier alpha value is -2.15. The number of amides is 1. The predicted octanol–water partition coefficient (Wildman–Crippen LogP) is 0.135. The standard InChI is InChI=1S/C11H13N3O4/c1-12-11(16)7-2-3-9(10(4-7)14(17)18)13-5-8(15)6-13/h2-4,8,15H,5-6H2,1H3,(H,12,16). The number of nitrogens with one attached hydrogen (secondary N) is 1. The largest absolute Gasteiger partial charge is 0.389 e. The molecule has 0 aromatic heterocycles. The van der Waals surface area contributed by atoms with Crippen LogP contribution in [0.1, 0.15) is 10.4 Å². The fourth-order valence-electron chi connectivity index (χ4n) is 1.87. The predicted molar refractivity (Wildman–Crippen MR) is 64.7 cm³/mol. The minimum atomic E-state index is -0.521. The number of nitro benzene ring substituents is 1. The number of nitrogens with zero attached hydrogens (tertiary/aromatic N) is 2. The third-order valence-corrected chi connectivity index (χ3v) is 2.86. The van der Waals surface area contributed by atoms with Gasteiger partial charge in [0.25, 0.3) is 11.6 Å². The van der Waals surface area contributed by atoms with E-state index in [1.807, 2.05) is 0 Å². The SMILES string of the molecule is CNC(=O)c1ccc(N2CC(O)C2)c([N+](=O)[O-])c1. The van der Waals surface area contributed by atoms with Crippen LogP contribution in [0.15, 0.2) is 18.2 Å². The summed E-state index contributed by atoms with van der Waals surface area (Å²) in [5, 5.41) is 22.6. The highest BCUT2D eigenvalue weighted by Gasteiger charge is 2.30. The van der Waals surface area contributed by atoms with E-state index in [-0.39, 0.29) is 17.2 Å². The molecule has 1 aromatic rings. The molecule has 2 N–H and O–H groups in total. The molecular formula is C11H13N3O4. The van der Waals surface area contributed by atoms with Gasteiger partial charge in [0.15, 0.2) is 0 Å². The van der Waals surface area contributed by atoms with Crippen molar-refractivity contribution < 1.29 is 14.8 Å². The molecule has 0 saturated carbocycles. The highest BCUT2D eigenvalue weighted by molar-refractivity contribution is 5.95. The number of nitro groups is 1. The molecule has 1 saturated heterocycles. The highest BCUT2D eigenvalue weighted by Crippen LogP contribution is 2.32. The quantitative estimate of drug-likeness (QED) is 0.588. The van der Waals surface area contributed by atoms with Crippen molar-refractivity contribution in [1.29, 1.82) is 0 Å². The lowest BCUT2D eigenvalue weighted by Gasteiger charge is -2.37. The van der Waals surface area contributed by atoms with Gasteiger partial charge in [0, 0.05) is 31.8 Å². The molecule has 1 aliphatic heterocycles. The van der Waals surface area contributed by atoms with E-state index in [1.165, 1.54) is 25.2 Å². The van der Waals surface area contributed by atoms with Crippen LogP contribution in [0.25, 0.3) is 0 Å². The number of hydrogen-bond donors (Lipinski definition) is 2. The first-order valence-corrected chi connectivity index (χ1v) is 5.46. The number of hydrogen-bond acceptors (Lipinski definition) is 5. The van der Waals surface area contributed by atoms with Gasteiger partial charge in [-0.25, -0.2) is 0 Å². The second kappa shape index (κ2) is 4.61. The van der Waals surface area contributed by atoms with E-state index in [0.29, 0.717) is 18.8 Å². The minimum absolute atomic E-state index is 0.122. The fourth-order valence-corrected chi connectivity index (χ4v) is 1.87. The third-order valence-electron chi connectivity index (χ3n) is 2.86. The Morgan fingerprint density at radius 1 is 1.56 bits per heavy atom. The summed E-state index contributed by atoms with van der Waals surface area (Å²) in [6.07, 6.45) is -0.441. The first-order valence-electron chi connectivity index (χ1n) is 5.46. The maximum absolute atomic E-state index is 11.4. The van der Waals surface area contributed by atoms with Crippen molar-refractivity contribution >= 4 is 17.3 Å². The molecule has 96 valence electrons. The molecule has 1 fully saturated rings. The van der Waals surface area contributed by atoms with E-state index in [0.717, 1.165) is 0 Å². The zero-order valence-corrected chi connectivity index (χ0v) is 9.79. The lowest BCUT2D eigenvalue weighted by molar-refractivity contribution is -0.384. The molecule has 1 aromatic carbocycles. The first-order chi connectivity index (χ1) is 8.52. The van der Waals surface area contributed by atoms with Crippen molar-refractivity contribution in [2.24, 2.45) is 0 Å². The van der Waals surface area contributed by atoms with Gasteiger partial charge >= 0.3 is 0 Å². The maximum Gasteiger partial charge on any atom is 0.293 e. The van der Waals surface area contributed by atoms with Gasteiger partial charge in [-0.3, -0.25) is 14.9 Å². The number of β-amino-alcohol motifs (C(OH)–C–C–N with tert-alkyl or cyclic N) is 1. The van der Waals surface area contributed by atoms with Crippen LogP contribution in [0, 0.1) is 10.1 Å². The minimum Gasteiger partial charge on any atom is -0.389 e. The van der Waals surface area contributed by atoms with E-state index in [1.54, 1.807) is 4.90 Å². The van der Waals surface area contributed by atoms with E-state index in [9.17, 15) is 20.0 Å². The number of benzene rings is 1. The second-order valence-electron chi connectivity index (χ2n) is 4.10. The lowest BCUT2D eigenvalue weighted by atomic mass is 10.1. The number of carbonyl (C=O) groups is 1. The highest BCUT2D eigenvalue weighted by atomic mass is 16.6. The van der Waals surface area contributed by atoms with Crippen molar-refractivity contribution in [3.8, 4) is 0 Å². The summed E-state index contributed by atoms with van der Waals surface area (Å²) in [5.41, 5.74) is 0.551. The Morgan fingerprint density at radius 3 is 2.72 bits per heavy atom. The summed E-state index contributed by atoms with van der Waals surface area (Å²) in [4.78, 5) is 23.6. The number of carbonyl (C=O) groups excluding carboxylic acids is 1. The molecule has 7 heteroatoms. The summed E-state index contributed by atoms with van der Waals surface area (Å²) in [6.45, 7) is 0.750. The molecule has 1 aliphatic rings. The van der Waals surface area contributed by atoms with Crippen molar-refractivity contribution in [2.45, 2.75) is 6.10 Å². The van der Waals surface area contributed by atoms with Gasteiger partial charge in [-0.1, -0.05) is 0 Å². The fraction of sp³-hybridized carbons (Fsp3) is 0.364. The summed E-state index contributed by atoms with van der Waals surface area (Å²) < 4.78 is 0. The Balaban J connectivity index is 2.36. The van der Waals surface area contributed by atoms with Gasteiger partial charge in [0.05, 0.1) is 11.0 Å². The van der Waals surface area contributed by atoms with Gasteiger partial charge in [-0.05, 0) is 12.1 Å². The normalized spacial score (nSPS) is 15.1. The molecule has 7 nitrogen and oxygen atoms in total. The van der Waals surface area contributed by atoms with Gasteiger partial charge in [-0.2, -0.15) is 0 Å². The molecule has 0 spiro atoms. The van der Waals surface area contributed by atoms with Crippen LogP contribution < -0.4 is 10.2 Å². The molecule has 0 bridgehead atoms. The van der Waals surface area contributed by atoms with Gasteiger partial charge in [-0.15, -0.1) is 0 Å². The van der Waals surface area contributed by atoms with Gasteiger partial charge < -0.3 is 15.3 Å². The number of anilines is 1. The summed E-state index contributed by atoms with van der Waals surface area (Å²) in [5.74, 6) is -0.367. The summed E-state index contributed by atoms with van der Waals surface area (Å²) in [7, 11) is 1.47. The van der Waals surface area contributed by atoms with Crippen LogP contribution in [0.2, 0.25) is 0 Å². The molecule has 1 amide bonds. The monoisotopic (exact) mass is 251 g/mol. The van der Waals surface area contributed by atoms with Crippen LogP contribution in [-0.4, -0.2) is 42.2 Å². The average molecular weight is 251 g/mol. The molecule has 1 heterocycles. The first kappa shape index (κ1) is 12.3. The Labute approximate surface area is 103 Å². The molecule has 18 heavy (non-hydrogen) atoms. The van der Waals surface area contributed by atoms with E-state index >= 15 is 0 Å². The van der Waals surface area contributed by atoms with Crippen LogP contribution in [0.3, 0.4) is 0 Å². The average Bonchev–Trinajstić information content (AvgIpc) is 2.33. The van der Waals surface area contributed by atoms with E-state index in [2.05, 4.69) is 5.32 Å². The van der Waals surface area contributed by atoms with Crippen LogP contribution in [-0.2, 0) is 0 Å². The number of aliphatic hydroxyl groups excluding tert-OH is 1. The van der Waals surface area contributed by atoms with Crippen LogP contribution in [0.4, 0.5) is 11.4 Å². The third kappa shape index (κ3) is 2.12. The van der Waals surface area contributed by atoms with Crippen LogP contribution >= 0.6 is 0 Å². The molecule has 0 radical (unpaired) electrons. The van der Waals surface area contributed by atoms with Crippen molar-refractivity contribution in [2.75, 3.05) is 25.0 Å². The molecule has 2 rings (SSSR count). The molecule has 0 aliphatic carbocycles. The Bertz CT molecular complexity index is 497. The van der Waals surface area contributed by atoms with E-state index in [4.69, 9.17) is 0 Å². The van der Waals surface area contributed by atoms with Crippen molar-refractivity contribution in [1.82, 2.24) is 5.32 Å². The van der Waals surface area contributed by atoms with Gasteiger partial charge in [0.1, 0.15) is 5.69 Å². The smallest absolute Gasteiger partial charge is 0.293 e. The lowest BCUT2D eigenvalue weighted by Crippen LogP contribution is -2.51. The maximum atomic E-state index is 11.4. The molecule has 0 unspecified atom stereocenters. The number of aliphatic hydroxyl groups is 1. The Morgan fingerprint density at radius 2 is 2.22 bits per heavy atom. The topological polar surface area (TPSA) is 95.7 Å². The van der Waals surface area contributed by atoms with Crippen molar-refractivity contribution in [3.05, 3.63) is 33.9 Å².